The van der Waals surface area contributed by atoms with Gasteiger partial charge in [0, 0.05) is 23.4 Å². The molecule has 0 unspecified atom stereocenters. The van der Waals surface area contributed by atoms with Gasteiger partial charge in [-0.3, -0.25) is 9.79 Å². The van der Waals surface area contributed by atoms with Crippen molar-refractivity contribution in [3.63, 3.8) is 0 Å². The van der Waals surface area contributed by atoms with Crippen LogP contribution < -0.4 is 5.32 Å². The Bertz CT molecular complexity index is 529. The molecule has 1 aromatic rings. The van der Waals surface area contributed by atoms with Crippen LogP contribution >= 0.6 is 11.3 Å². The predicted octanol–water partition coefficient (Wildman–Crippen LogP) is 3.50. The summed E-state index contributed by atoms with van der Waals surface area (Å²) in [7, 11) is 0. The van der Waals surface area contributed by atoms with Crippen molar-refractivity contribution in [2.75, 3.05) is 5.32 Å². The van der Waals surface area contributed by atoms with E-state index in [2.05, 4.69) is 44.1 Å². The minimum absolute atomic E-state index is 0.0943. The van der Waals surface area contributed by atoms with Crippen LogP contribution in [0.25, 0.3) is 0 Å². The maximum atomic E-state index is 12.4. The first-order valence-corrected chi connectivity index (χ1v) is 7.56. The van der Waals surface area contributed by atoms with E-state index in [1.54, 1.807) is 11.3 Å². The lowest BCUT2D eigenvalue weighted by Gasteiger charge is -2.03. The van der Waals surface area contributed by atoms with E-state index in [9.17, 15) is 4.79 Å². The summed E-state index contributed by atoms with van der Waals surface area (Å²) < 4.78 is 0. The molecule has 1 aliphatic carbocycles. The topological polar surface area (TPSA) is 41.5 Å². The highest BCUT2D eigenvalue weighted by atomic mass is 32.1. The van der Waals surface area contributed by atoms with E-state index in [0.717, 1.165) is 18.0 Å². The fraction of sp³-hybridized carbons (Fsp3) is 0.600. The number of hydrogen-bond acceptors (Lipinski definition) is 3. The molecule has 0 spiro atoms. The van der Waals surface area contributed by atoms with Crippen LogP contribution in [0, 0.1) is 16.7 Å². The first kappa shape index (κ1) is 12.9. The summed E-state index contributed by atoms with van der Waals surface area (Å²) in [6, 6.07) is 2.10. The van der Waals surface area contributed by atoms with Crippen LogP contribution in [0.15, 0.2) is 11.1 Å². The van der Waals surface area contributed by atoms with Crippen LogP contribution in [0.3, 0.4) is 0 Å². The number of hydrogen-bond donors (Lipinski definition) is 1. The molecule has 0 aromatic carbocycles. The number of anilines is 1. The number of thiophene rings is 1. The number of nitrogens with one attached hydrogen (secondary N) is 1. The van der Waals surface area contributed by atoms with Gasteiger partial charge in [0.2, 0.25) is 5.91 Å². The zero-order valence-electron chi connectivity index (χ0n) is 11.9. The van der Waals surface area contributed by atoms with E-state index in [0.29, 0.717) is 0 Å². The Kier molecular flexibility index (Phi) is 2.65. The third-order valence-electron chi connectivity index (χ3n) is 5.10. The van der Waals surface area contributed by atoms with Gasteiger partial charge in [-0.1, -0.05) is 27.7 Å². The largest absolute Gasteiger partial charge is 0.317 e. The molecule has 2 aliphatic rings. The molecule has 102 valence electrons. The maximum absolute atomic E-state index is 12.4. The number of carbonyl (C=O) groups is 1. The van der Waals surface area contributed by atoms with Crippen molar-refractivity contribution in [1.82, 2.24) is 0 Å². The summed E-state index contributed by atoms with van der Waals surface area (Å²) in [5.41, 5.74) is 1.50. The van der Waals surface area contributed by atoms with Crippen molar-refractivity contribution in [1.29, 1.82) is 0 Å². The molecular formula is C15H20N2OS. The van der Waals surface area contributed by atoms with Crippen molar-refractivity contribution in [3.05, 3.63) is 16.5 Å². The molecule has 0 radical (unpaired) electrons. The Labute approximate surface area is 118 Å². The SMILES string of the molecule is CC1(C)C(C(=O)Nc2cc3c(s2)CN=CC3)C1(C)C. The molecule has 0 bridgehead atoms. The summed E-state index contributed by atoms with van der Waals surface area (Å²) >= 11 is 1.66. The monoisotopic (exact) mass is 276 g/mol. The average molecular weight is 276 g/mol. The molecule has 19 heavy (non-hydrogen) atoms. The quantitative estimate of drug-likeness (QED) is 0.882. The van der Waals surface area contributed by atoms with Gasteiger partial charge in [-0.05, 0) is 22.5 Å². The maximum Gasteiger partial charge on any atom is 0.229 e. The molecular weight excluding hydrogens is 256 g/mol. The van der Waals surface area contributed by atoms with Crippen molar-refractivity contribution in [2.45, 2.75) is 40.7 Å². The van der Waals surface area contributed by atoms with Gasteiger partial charge < -0.3 is 5.32 Å². The second kappa shape index (κ2) is 3.92. The van der Waals surface area contributed by atoms with Crippen LogP contribution in [-0.4, -0.2) is 12.1 Å². The molecule has 1 aromatic heterocycles. The lowest BCUT2D eigenvalue weighted by Crippen LogP contribution is -2.16. The van der Waals surface area contributed by atoms with Gasteiger partial charge in [0.05, 0.1) is 11.5 Å². The average Bonchev–Trinajstić information content (AvgIpc) is 2.61. The third-order valence-corrected chi connectivity index (χ3v) is 6.18. The summed E-state index contributed by atoms with van der Waals surface area (Å²) in [4.78, 5) is 17.9. The number of amides is 1. The van der Waals surface area contributed by atoms with Crippen LogP contribution in [0.4, 0.5) is 5.00 Å². The van der Waals surface area contributed by atoms with Crippen LogP contribution in [0.2, 0.25) is 0 Å². The van der Waals surface area contributed by atoms with Crippen molar-refractivity contribution < 1.29 is 4.79 Å². The van der Waals surface area contributed by atoms with Gasteiger partial charge in [-0.2, -0.15) is 0 Å². The number of rotatable bonds is 2. The zero-order valence-corrected chi connectivity index (χ0v) is 12.7. The second-order valence-electron chi connectivity index (χ2n) is 6.65. The molecule has 1 fully saturated rings. The first-order chi connectivity index (χ1) is 8.84. The number of nitrogens with zero attached hydrogens (tertiary/aromatic N) is 1. The molecule has 1 amide bonds. The molecule has 4 heteroatoms. The van der Waals surface area contributed by atoms with Crippen molar-refractivity contribution in [3.8, 4) is 0 Å². The van der Waals surface area contributed by atoms with E-state index in [1.807, 2.05) is 6.21 Å². The highest BCUT2D eigenvalue weighted by molar-refractivity contribution is 7.16. The molecule has 0 atom stereocenters. The van der Waals surface area contributed by atoms with Crippen LogP contribution in [0.5, 0.6) is 0 Å². The van der Waals surface area contributed by atoms with Crippen molar-refractivity contribution >= 4 is 28.5 Å². The summed E-state index contributed by atoms with van der Waals surface area (Å²) in [5, 5.41) is 4.07. The Morgan fingerprint density at radius 2 is 2.05 bits per heavy atom. The number of aliphatic imine (C=N–C) groups is 1. The molecule has 3 nitrogen and oxygen atoms in total. The fourth-order valence-corrected chi connectivity index (χ4v) is 4.22. The molecule has 2 heterocycles. The Morgan fingerprint density at radius 1 is 1.37 bits per heavy atom. The summed E-state index contributed by atoms with van der Waals surface area (Å²) in [5.74, 6) is 0.268. The molecule has 0 saturated heterocycles. The van der Waals surface area contributed by atoms with Crippen LogP contribution in [0.1, 0.15) is 38.1 Å². The van der Waals surface area contributed by atoms with E-state index < -0.39 is 0 Å². The van der Waals surface area contributed by atoms with Gasteiger partial charge in [0.15, 0.2) is 0 Å². The minimum Gasteiger partial charge on any atom is -0.317 e. The van der Waals surface area contributed by atoms with Gasteiger partial charge in [0.25, 0.3) is 0 Å². The lowest BCUT2D eigenvalue weighted by atomic mass is 10.0. The zero-order chi connectivity index (χ0) is 13.8. The van der Waals surface area contributed by atoms with E-state index in [1.165, 1.54) is 10.4 Å². The molecule has 1 saturated carbocycles. The lowest BCUT2D eigenvalue weighted by molar-refractivity contribution is -0.118. The highest BCUT2D eigenvalue weighted by Gasteiger charge is 2.68. The van der Waals surface area contributed by atoms with Crippen molar-refractivity contribution in [2.24, 2.45) is 21.7 Å². The van der Waals surface area contributed by atoms with E-state index >= 15 is 0 Å². The van der Waals surface area contributed by atoms with E-state index in [4.69, 9.17) is 0 Å². The van der Waals surface area contributed by atoms with Gasteiger partial charge in [0.1, 0.15) is 0 Å². The standard InChI is InChI=1S/C15H20N2OS/c1-14(2)12(15(14,3)4)13(18)17-11-7-9-5-6-16-8-10(9)19-11/h6-7,12H,5,8H2,1-4H3,(H,17,18). The molecule has 1 aliphatic heterocycles. The smallest absolute Gasteiger partial charge is 0.229 e. The van der Waals surface area contributed by atoms with Crippen LogP contribution in [-0.2, 0) is 17.8 Å². The number of fused-ring (bicyclic) bond motifs is 1. The number of carbonyl (C=O) groups excluding carboxylic acids is 1. The third kappa shape index (κ3) is 1.84. The molecule has 3 rings (SSSR count). The predicted molar refractivity (Wildman–Crippen MR) is 79.9 cm³/mol. The second-order valence-corrected chi connectivity index (χ2v) is 7.79. The van der Waals surface area contributed by atoms with Gasteiger partial charge in [-0.25, -0.2) is 0 Å². The van der Waals surface area contributed by atoms with Gasteiger partial charge >= 0.3 is 0 Å². The summed E-state index contributed by atoms with van der Waals surface area (Å²) in [6.07, 6.45) is 2.84. The van der Waals surface area contributed by atoms with Gasteiger partial charge in [-0.15, -0.1) is 11.3 Å². The minimum atomic E-state index is 0.0943. The molecule has 1 N–H and O–H groups in total. The fourth-order valence-electron chi connectivity index (χ4n) is 3.19. The summed E-state index contributed by atoms with van der Waals surface area (Å²) in [6.45, 7) is 9.44. The normalized spacial score (nSPS) is 22.9. The Hall–Kier alpha value is -1.16. The Morgan fingerprint density at radius 3 is 2.63 bits per heavy atom. The Balaban J connectivity index is 1.73. The van der Waals surface area contributed by atoms with E-state index in [-0.39, 0.29) is 22.7 Å². The first-order valence-electron chi connectivity index (χ1n) is 6.75. The highest BCUT2D eigenvalue weighted by Crippen LogP contribution is 2.68.